The summed E-state index contributed by atoms with van der Waals surface area (Å²) in [5.74, 6) is 6.45. The van der Waals surface area contributed by atoms with Gasteiger partial charge in [-0.2, -0.15) is 0 Å². The molecule has 0 heterocycles. The van der Waals surface area contributed by atoms with Crippen molar-refractivity contribution in [3.63, 3.8) is 0 Å². The molecule has 0 amide bonds. The number of non-ortho nitro benzene ring substituents is 1. The van der Waals surface area contributed by atoms with Gasteiger partial charge in [-0.05, 0) is 62.9 Å². The van der Waals surface area contributed by atoms with Crippen LogP contribution in [0.1, 0.15) is 43.7 Å². The lowest BCUT2D eigenvalue weighted by molar-refractivity contribution is -0.384. The number of nitro groups is 1. The van der Waals surface area contributed by atoms with Crippen LogP contribution in [0.2, 0.25) is 0 Å². The molecule has 6 nitrogen and oxygen atoms in total. The van der Waals surface area contributed by atoms with Crippen LogP contribution >= 0.6 is 0 Å². The minimum Gasteiger partial charge on any atom is -0.494 e. The highest BCUT2D eigenvalue weighted by molar-refractivity contribution is 5.86. The summed E-state index contributed by atoms with van der Waals surface area (Å²) in [5.41, 5.74) is 1.98. The van der Waals surface area contributed by atoms with E-state index in [9.17, 15) is 14.9 Å². The summed E-state index contributed by atoms with van der Waals surface area (Å²) in [5, 5.41) is 10.7. The Bertz CT molecular complexity index is 938. The van der Waals surface area contributed by atoms with E-state index < -0.39 is 4.92 Å². The van der Waals surface area contributed by atoms with Crippen molar-refractivity contribution in [3.8, 4) is 17.6 Å². The normalized spacial score (nSPS) is 9.90. The molecule has 30 heavy (non-hydrogen) atoms. The highest BCUT2D eigenvalue weighted by Crippen LogP contribution is 2.15. The Kier molecular flexibility index (Phi) is 9.14. The smallest absolute Gasteiger partial charge is 0.333 e. The number of carbonyl (C=O) groups is 1. The van der Waals surface area contributed by atoms with Gasteiger partial charge in [0.2, 0.25) is 0 Å². The van der Waals surface area contributed by atoms with E-state index >= 15 is 0 Å². The minimum absolute atomic E-state index is 0.0452. The number of carbonyl (C=O) groups excluding carboxylic acids is 1. The van der Waals surface area contributed by atoms with E-state index in [0.717, 1.165) is 37.0 Å². The van der Waals surface area contributed by atoms with Crippen molar-refractivity contribution < 1.29 is 19.2 Å². The van der Waals surface area contributed by atoms with Crippen LogP contribution in [0, 0.1) is 22.0 Å². The van der Waals surface area contributed by atoms with E-state index in [4.69, 9.17) is 9.47 Å². The molecule has 0 aromatic heterocycles. The number of hydrogen-bond donors (Lipinski definition) is 0. The summed E-state index contributed by atoms with van der Waals surface area (Å²) in [6, 6.07) is 13.7. The van der Waals surface area contributed by atoms with Crippen molar-refractivity contribution in [2.75, 3.05) is 13.2 Å². The quantitative estimate of drug-likeness (QED) is 0.137. The van der Waals surface area contributed by atoms with Crippen LogP contribution in [0.15, 0.2) is 60.7 Å². The van der Waals surface area contributed by atoms with Crippen LogP contribution in [0.5, 0.6) is 5.75 Å². The van der Waals surface area contributed by atoms with E-state index in [1.807, 2.05) is 24.3 Å². The zero-order chi connectivity index (χ0) is 21.8. The minimum atomic E-state index is -0.434. The zero-order valence-corrected chi connectivity index (χ0v) is 17.1. The molecule has 0 saturated carbocycles. The average molecular weight is 407 g/mol. The first-order valence-electron chi connectivity index (χ1n) is 9.77. The molecular formula is C24H25NO5. The second-order valence-electron chi connectivity index (χ2n) is 6.76. The monoisotopic (exact) mass is 407 g/mol. The zero-order valence-electron chi connectivity index (χ0n) is 17.1. The Labute approximate surface area is 176 Å². The van der Waals surface area contributed by atoms with Crippen molar-refractivity contribution in [3.05, 3.63) is 81.9 Å². The van der Waals surface area contributed by atoms with Crippen LogP contribution in [0.25, 0.3) is 0 Å². The lowest BCUT2D eigenvalue weighted by Gasteiger charge is -2.07. The maximum absolute atomic E-state index is 11.3. The highest BCUT2D eigenvalue weighted by Gasteiger charge is 2.03. The van der Waals surface area contributed by atoms with Gasteiger partial charge in [0.25, 0.3) is 5.69 Å². The van der Waals surface area contributed by atoms with E-state index in [1.54, 1.807) is 19.1 Å². The second kappa shape index (κ2) is 12.1. The van der Waals surface area contributed by atoms with Crippen molar-refractivity contribution in [1.82, 2.24) is 0 Å². The van der Waals surface area contributed by atoms with E-state index in [1.165, 1.54) is 12.1 Å². The fourth-order valence-electron chi connectivity index (χ4n) is 2.51. The molecule has 0 aliphatic heterocycles. The van der Waals surface area contributed by atoms with Gasteiger partial charge in [0.15, 0.2) is 0 Å². The largest absolute Gasteiger partial charge is 0.494 e. The summed E-state index contributed by atoms with van der Waals surface area (Å²) in [6.45, 7) is 6.20. The number of hydrogen-bond acceptors (Lipinski definition) is 5. The Morgan fingerprint density at radius 1 is 1.00 bits per heavy atom. The number of esters is 1. The van der Waals surface area contributed by atoms with Crippen molar-refractivity contribution in [2.45, 2.75) is 32.6 Å². The Balaban J connectivity index is 1.71. The average Bonchev–Trinajstić information content (AvgIpc) is 2.74. The number of rotatable bonds is 10. The van der Waals surface area contributed by atoms with Gasteiger partial charge in [-0.25, -0.2) is 4.79 Å². The number of ether oxygens (including phenoxy) is 2. The van der Waals surface area contributed by atoms with Gasteiger partial charge in [-0.1, -0.05) is 24.5 Å². The first kappa shape index (κ1) is 22.7. The third-order valence-electron chi connectivity index (χ3n) is 4.15. The first-order chi connectivity index (χ1) is 14.5. The fraction of sp³-hybridized carbons (Fsp3) is 0.292. The fourth-order valence-corrected chi connectivity index (χ4v) is 2.51. The number of nitrogens with zero attached hydrogens (tertiary/aromatic N) is 1. The molecule has 0 radical (unpaired) electrons. The molecule has 0 atom stereocenters. The topological polar surface area (TPSA) is 78.7 Å². The lowest BCUT2D eigenvalue weighted by Crippen LogP contribution is -2.06. The van der Waals surface area contributed by atoms with Crippen molar-refractivity contribution in [1.29, 1.82) is 0 Å². The Hall–Kier alpha value is -3.59. The standard InChI is InChI=1S/C24H25NO5/c1-19(2)24(26)30-17-6-4-3-5-16-29-23-9-7-8-21(18-23)11-10-20-12-14-22(15-13-20)25(27)28/h7-9,12-15,18H,1,3-6,16-17H2,2H3. The van der Waals surface area contributed by atoms with Gasteiger partial charge in [0.1, 0.15) is 5.75 Å². The molecule has 0 fully saturated rings. The number of benzene rings is 2. The number of unbranched alkanes of at least 4 members (excludes halogenated alkanes) is 3. The third kappa shape index (κ3) is 8.19. The second-order valence-corrected chi connectivity index (χ2v) is 6.76. The molecule has 0 aliphatic rings. The van der Waals surface area contributed by atoms with Gasteiger partial charge in [-0.3, -0.25) is 10.1 Å². The molecule has 6 heteroatoms. The predicted molar refractivity (Wildman–Crippen MR) is 115 cm³/mol. The lowest BCUT2D eigenvalue weighted by atomic mass is 10.1. The molecule has 0 spiro atoms. The molecule has 0 N–H and O–H groups in total. The van der Waals surface area contributed by atoms with Crippen LogP contribution in [-0.4, -0.2) is 24.1 Å². The number of nitro benzene ring substituents is 1. The van der Waals surface area contributed by atoms with Crippen molar-refractivity contribution in [2.24, 2.45) is 0 Å². The SMILES string of the molecule is C=C(C)C(=O)OCCCCCCOc1cccc(C#Cc2ccc([N+](=O)[O-])cc2)c1. The van der Waals surface area contributed by atoms with Crippen LogP contribution in [-0.2, 0) is 9.53 Å². The van der Waals surface area contributed by atoms with Gasteiger partial charge in [0, 0.05) is 28.8 Å². The van der Waals surface area contributed by atoms with E-state index in [2.05, 4.69) is 18.4 Å². The van der Waals surface area contributed by atoms with E-state index in [-0.39, 0.29) is 11.7 Å². The first-order valence-corrected chi connectivity index (χ1v) is 9.77. The highest BCUT2D eigenvalue weighted by atomic mass is 16.6. The molecular weight excluding hydrogens is 382 g/mol. The summed E-state index contributed by atoms with van der Waals surface area (Å²) in [4.78, 5) is 21.5. The Morgan fingerprint density at radius 3 is 2.33 bits per heavy atom. The molecule has 156 valence electrons. The van der Waals surface area contributed by atoms with Gasteiger partial charge in [0.05, 0.1) is 18.1 Å². The maximum atomic E-state index is 11.3. The summed E-state index contributed by atoms with van der Waals surface area (Å²) in [6.07, 6.45) is 3.69. The molecule has 0 bridgehead atoms. The molecule has 0 unspecified atom stereocenters. The van der Waals surface area contributed by atoms with E-state index in [0.29, 0.717) is 24.4 Å². The third-order valence-corrected chi connectivity index (χ3v) is 4.15. The van der Waals surface area contributed by atoms with Gasteiger partial charge < -0.3 is 9.47 Å². The summed E-state index contributed by atoms with van der Waals surface area (Å²) < 4.78 is 10.8. The molecule has 0 saturated heterocycles. The summed E-state index contributed by atoms with van der Waals surface area (Å²) >= 11 is 0. The molecule has 2 aromatic carbocycles. The van der Waals surface area contributed by atoms with Crippen molar-refractivity contribution >= 4 is 11.7 Å². The van der Waals surface area contributed by atoms with Gasteiger partial charge >= 0.3 is 5.97 Å². The van der Waals surface area contributed by atoms with Crippen LogP contribution in [0.4, 0.5) is 5.69 Å². The van der Waals surface area contributed by atoms with Gasteiger partial charge in [-0.15, -0.1) is 0 Å². The van der Waals surface area contributed by atoms with Crippen LogP contribution in [0.3, 0.4) is 0 Å². The summed E-state index contributed by atoms with van der Waals surface area (Å²) in [7, 11) is 0. The molecule has 2 rings (SSSR count). The Morgan fingerprint density at radius 2 is 1.67 bits per heavy atom. The predicted octanol–water partition coefficient (Wildman–Crippen LogP) is 5.05. The molecule has 2 aromatic rings. The van der Waals surface area contributed by atoms with Crippen LogP contribution < -0.4 is 4.74 Å². The molecule has 0 aliphatic carbocycles. The maximum Gasteiger partial charge on any atom is 0.333 e.